The van der Waals surface area contributed by atoms with Gasteiger partial charge in [0.05, 0.1) is 13.2 Å². The number of hydrogen-bond donors (Lipinski definition) is 0. The molecule has 0 atom stereocenters. The summed E-state index contributed by atoms with van der Waals surface area (Å²) in [7, 11) is 0. The average Bonchev–Trinajstić information content (AvgIpc) is 2.91. The summed E-state index contributed by atoms with van der Waals surface area (Å²) in [4.78, 5) is 23.7. The first-order chi connectivity index (χ1) is 18.7. The van der Waals surface area contributed by atoms with Gasteiger partial charge in [-0.25, -0.2) is 0 Å². The van der Waals surface area contributed by atoms with Gasteiger partial charge >= 0.3 is 11.9 Å². The maximum absolute atomic E-state index is 11.9. The van der Waals surface area contributed by atoms with E-state index in [0.29, 0.717) is 26.1 Å². The zero-order valence-electron chi connectivity index (χ0n) is 25.8. The van der Waals surface area contributed by atoms with E-state index >= 15 is 0 Å². The van der Waals surface area contributed by atoms with Crippen LogP contribution in [0, 0.1) is 0 Å². The Labute approximate surface area is 237 Å². The predicted octanol–water partition coefficient (Wildman–Crippen LogP) is 11.0. The molecule has 0 fully saturated rings. The van der Waals surface area contributed by atoms with Gasteiger partial charge in [0.1, 0.15) is 0 Å². The van der Waals surface area contributed by atoms with E-state index in [2.05, 4.69) is 13.8 Å². The van der Waals surface area contributed by atoms with Crippen molar-refractivity contribution >= 4 is 11.9 Å². The Morgan fingerprint density at radius 1 is 0.342 bits per heavy atom. The number of carbonyl (C=O) groups is 2. The third-order valence-electron chi connectivity index (χ3n) is 7.53. The molecule has 0 rings (SSSR count). The third kappa shape index (κ3) is 31.2. The first-order valence-corrected chi connectivity index (χ1v) is 17.0. The zero-order valence-corrected chi connectivity index (χ0v) is 25.8. The van der Waals surface area contributed by atoms with E-state index in [-0.39, 0.29) is 11.9 Å². The minimum Gasteiger partial charge on any atom is -0.466 e. The van der Waals surface area contributed by atoms with Crippen LogP contribution in [-0.2, 0) is 19.1 Å². The Hall–Kier alpha value is -1.06. The molecule has 0 spiro atoms. The standard InChI is InChI=1S/C34H66O4/c1-3-5-7-9-11-13-16-20-24-28-32-38-34(36)30-26-22-18-15-14-17-21-25-29-33(35)37-31-27-23-19-12-10-8-6-4-2/h3-32H2,1-2H3. The fraction of sp³-hybridized carbons (Fsp3) is 0.941. The molecule has 0 aliphatic heterocycles. The quantitative estimate of drug-likeness (QED) is 0.0650. The zero-order chi connectivity index (χ0) is 27.8. The summed E-state index contributed by atoms with van der Waals surface area (Å²) in [6, 6.07) is 0. The van der Waals surface area contributed by atoms with Gasteiger partial charge in [-0.2, -0.15) is 0 Å². The Bertz CT molecular complexity index is 491. The number of ether oxygens (including phenoxy) is 2. The lowest BCUT2D eigenvalue weighted by Crippen LogP contribution is -2.05. The van der Waals surface area contributed by atoms with Gasteiger partial charge in [-0.15, -0.1) is 0 Å². The maximum Gasteiger partial charge on any atom is 0.305 e. The minimum absolute atomic E-state index is 0.0183. The number of rotatable bonds is 31. The van der Waals surface area contributed by atoms with Gasteiger partial charge in [-0.05, 0) is 25.7 Å². The Morgan fingerprint density at radius 3 is 0.868 bits per heavy atom. The second kappa shape index (κ2) is 32.2. The van der Waals surface area contributed by atoms with Crippen molar-refractivity contribution in [2.24, 2.45) is 0 Å². The first kappa shape index (κ1) is 36.9. The molecule has 4 nitrogen and oxygen atoms in total. The lowest BCUT2D eigenvalue weighted by molar-refractivity contribution is -0.144. The van der Waals surface area contributed by atoms with Gasteiger partial charge in [-0.3, -0.25) is 9.59 Å². The smallest absolute Gasteiger partial charge is 0.305 e. The highest BCUT2D eigenvalue weighted by atomic mass is 16.5. The molecule has 0 aliphatic carbocycles. The molecule has 0 aromatic rings. The molecule has 0 bridgehead atoms. The molecule has 4 heteroatoms. The molecule has 38 heavy (non-hydrogen) atoms. The van der Waals surface area contributed by atoms with Gasteiger partial charge in [0.2, 0.25) is 0 Å². The average molecular weight is 539 g/mol. The SMILES string of the molecule is CCCCCCCCCCCCOC(=O)CCCCCCCCCCC(=O)OCCCCCCCCCC. The summed E-state index contributed by atoms with van der Waals surface area (Å²) < 4.78 is 10.8. The highest BCUT2D eigenvalue weighted by Gasteiger charge is 2.04. The highest BCUT2D eigenvalue weighted by molar-refractivity contribution is 5.69. The van der Waals surface area contributed by atoms with Gasteiger partial charge < -0.3 is 9.47 Å². The fourth-order valence-corrected chi connectivity index (χ4v) is 4.94. The van der Waals surface area contributed by atoms with Crippen LogP contribution in [0.25, 0.3) is 0 Å². The summed E-state index contributed by atoms with van der Waals surface area (Å²) in [6.07, 6.45) is 33.2. The lowest BCUT2D eigenvalue weighted by atomic mass is 10.1. The molecule has 0 aromatic heterocycles. The van der Waals surface area contributed by atoms with Crippen LogP contribution in [0.1, 0.15) is 194 Å². The molecule has 0 amide bonds. The van der Waals surface area contributed by atoms with E-state index < -0.39 is 0 Å². The van der Waals surface area contributed by atoms with Gasteiger partial charge in [0.25, 0.3) is 0 Å². The van der Waals surface area contributed by atoms with Crippen molar-refractivity contribution in [1.29, 1.82) is 0 Å². The fourth-order valence-electron chi connectivity index (χ4n) is 4.94. The molecule has 226 valence electrons. The van der Waals surface area contributed by atoms with Crippen LogP contribution in [0.5, 0.6) is 0 Å². The lowest BCUT2D eigenvalue weighted by Gasteiger charge is -2.06. The monoisotopic (exact) mass is 538 g/mol. The van der Waals surface area contributed by atoms with Crippen LogP contribution in [0.15, 0.2) is 0 Å². The van der Waals surface area contributed by atoms with Crippen molar-refractivity contribution in [3.05, 3.63) is 0 Å². The highest BCUT2D eigenvalue weighted by Crippen LogP contribution is 2.13. The third-order valence-corrected chi connectivity index (χ3v) is 7.53. The molecular formula is C34H66O4. The topological polar surface area (TPSA) is 52.6 Å². The largest absolute Gasteiger partial charge is 0.466 e. The van der Waals surface area contributed by atoms with E-state index in [1.54, 1.807) is 0 Å². The minimum atomic E-state index is -0.0204. The Balaban J connectivity index is 3.23. The normalized spacial score (nSPS) is 11.1. The molecule has 0 aromatic carbocycles. The van der Waals surface area contributed by atoms with Crippen LogP contribution in [0.2, 0.25) is 0 Å². The van der Waals surface area contributed by atoms with Crippen LogP contribution in [0.3, 0.4) is 0 Å². The van der Waals surface area contributed by atoms with E-state index in [1.165, 1.54) is 128 Å². The molecule has 0 aliphatic rings. The molecular weight excluding hydrogens is 472 g/mol. The van der Waals surface area contributed by atoms with Crippen molar-refractivity contribution in [2.45, 2.75) is 194 Å². The van der Waals surface area contributed by atoms with Crippen molar-refractivity contribution in [1.82, 2.24) is 0 Å². The van der Waals surface area contributed by atoms with Gasteiger partial charge in [0, 0.05) is 12.8 Å². The number of esters is 2. The second-order valence-corrected chi connectivity index (χ2v) is 11.4. The molecule has 0 unspecified atom stereocenters. The van der Waals surface area contributed by atoms with Crippen molar-refractivity contribution in [3.8, 4) is 0 Å². The molecule has 0 N–H and O–H groups in total. The van der Waals surface area contributed by atoms with Crippen molar-refractivity contribution in [2.75, 3.05) is 13.2 Å². The molecule has 0 heterocycles. The predicted molar refractivity (Wildman–Crippen MR) is 163 cm³/mol. The summed E-state index contributed by atoms with van der Waals surface area (Å²) in [5.41, 5.74) is 0. The number of unbranched alkanes of at least 4 members (excludes halogenated alkanes) is 23. The van der Waals surface area contributed by atoms with E-state index in [4.69, 9.17) is 9.47 Å². The Kier molecular flexibility index (Phi) is 31.3. The Morgan fingerprint density at radius 2 is 0.579 bits per heavy atom. The maximum atomic E-state index is 11.9. The van der Waals surface area contributed by atoms with Crippen LogP contribution in [-0.4, -0.2) is 25.2 Å². The summed E-state index contributed by atoms with van der Waals surface area (Å²) in [6.45, 7) is 5.71. The molecule has 0 saturated heterocycles. The number of carbonyl (C=O) groups excluding carboxylic acids is 2. The van der Waals surface area contributed by atoms with E-state index in [1.807, 2.05) is 0 Å². The second-order valence-electron chi connectivity index (χ2n) is 11.4. The van der Waals surface area contributed by atoms with Gasteiger partial charge in [-0.1, -0.05) is 155 Å². The van der Waals surface area contributed by atoms with Crippen LogP contribution < -0.4 is 0 Å². The first-order valence-electron chi connectivity index (χ1n) is 17.0. The molecule has 0 saturated carbocycles. The van der Waals surface area contributed by atoms with Crippen LogP contribution >= 0.6 is 0 Å². The van der Waals surface area contributed by atoms with Crippen LogP contribution in [0.4, 0.5) is 0 Å². The molecule has 0 radical (unpaired) electrons. The summed E-state index contributed by atoms with van der Waals surface area (Å²) >= 11 is 0. The van der Waals surface area contributed by atoms with E-state index in [0.717, 1.165) is 38.5 Å². The summed E-state index contributed by atoms with van der Waals surface area (Å²) in [5, 5.41) is 0. The van der Waals surface area contributed by atoms with Gasteiger partial charge in [0.15, 0.2) is 0 Å². The summed E-state index contributed by atoms with van der Waals surface area (Å²) in [5.74, 6) is -0.0387. The van der Waals surface area contributed by atoms with Crippen molar-refractivity contribution < 1.29 is 19.1 Å². The van der Waals surface area contributed by atoms with Crippen molar-refractivity contribution in [3.63, 3.8) is 0 Å². The van der Waals surface area contributed by atoms with E-state index in [9.17, 15) is 9.59 Å². The number of hydrogen-bond acceptors (Lipinski definition) is 4.